The Balaban J connectivity index is 1.30. The van der Waals surface area contributed by atoms with Crippen LogP contribution in [0.5, 0.6) is 0 Å². The lowest BCUT2D eigenvalue weighted by Crippen LogP contribution is -2.41. The van der Waals surface area contributed by atoms with Gasteiger partial charge >= 0.3 is 0 Å². The number of amides is 1. The number of halogens is 1. The summed E-state index contributed by atoms with van der Waals surface area (Å²) >= 11 is 0. The molecule has 1 saturated heterocycles. The first-order valence-corrected chi connectivity index (χ1v) is 11.3. The van der Waals surface area contributed by atoms with Crippen LogP contribution in [0.4, 0.5) is 10.3 Å². The number of hydrogen-bond donors (Lipinski definition) is 1. The number of aromatic nitrogens is 3. The number of pyridine rings is 1. The monoisotopic (exact) mass is 443 g/mol. The fraction of sp³-hybridized carbons (Fsp3) is 0.269. The number of benzene rings is 2. The molecule has 0 aliphatic carbocycles. The Labute approximate surface area is 192 Å². The van der Waals surface area contributed by atoms with Gasteiger partial charge in [-0.3, -0.25) is 9.78 Å². The summed E-state index contributed by atoms with van der Waals surface area (Å²) in [5, 5.41) is 3.04. The predicted octanol–water partition coefficient (Wildman–Crippen LogP) is 4.15. The molecule has 0 bridgehead atoms. The molecule has 0 unspecified atom stereocenters. The summed E-state index contributed by atoms with van der Waals surface area (Å²) in [5.41, 5.74) is 3.49. The molecule has 0 saturated carbocycles. The number of fused-ring (bicyclic) bond motifs is 1. The Morgan fingerprint density at radius 3 is 2.61 bits per heavy atom. The van der Waals surface area contributed by atoms with Crippen LogP contribution in [0.1, 0.15) is 24.0 Å². The lowest BCUT2D eigenvalue weighted by atomic mass is 9.96. The number of anilines is 1. The zero-order chi connectivity index (χ0) is 22.6. The van der Waals surface area contributed by atoms with Crippen molar-refractivity contribution >= 4 is 22.9 Å². The van der Waals surface area contributed by atoms with Gasteiger partial charge < -0.3 is 14.8 Å². The van der Waals surface area contributed by atoms with E-state index in [1.807, 2.05) is 48.5 Å². The van der Waals surface area contributed by atoms with Gasteiger partial charge in [-0.2, -0.15) is 0 Å². The first-order chi connectivity index (χ1) is 16.2. The van der Waals surface area contributed by atoms with E-state index in [4.69, 9.17) is 4.98 Å². The van der Waals surface area contributed by atoms with Crippen molar-refractivity contribution in [1.82, 2.24) is 19.9 Å². The lowest BCUT2D eigenvalue weighted by Gasteiger charge is -2.32. The second-order valence-electron chi connectivity index (χ2n) is 8.42. The molecule has 1 aliphatic heterocycles. The molecule has 168 valence electrons. The van der Waals surface area contributed by atoms with Gasteiger partial charge in [0.05, 0.1) is 17.6 Å². The molecule has 0 atom stereocenters. The molecule has 3 heterocycles. The first kappa shape index (κ1) is 21.1. The predicted molar refractivity (Wildman–Crippen MR) is 126 cm³/mol. The minimum Gasteiger partial charge on any atom is -0.352 e. The van der Waals surface area contributed by atoms with E-state index in [1.165, 1.54) is 6.07 Å². The highest BCUT2D eigenvalue weighted by Gasteiger charge is 2.27. The third-order valence-corrected chi connectivity index (χ3v) is 6.26. The number of piperidine rings is 1. The van der Waals surface area contributed by atoms with E-state index in [0.717, 1.165) is 48.5 Å². The normalized spacial score (nSPS) is 14.5. The molecular weight excluding hydrogens is 417 g/mol. The molecule has 5 rings (SSSR count). The molecule has 0 spiro atoms. The van der Waals surface area contributed by atoms with Gasteiger partial charge in [-0.05, 0) is 42.7 Å². The van der Waals surface area contributed by atoms with Crippen LogP contribution in [0, 0.1) is 11.7 Å². The van der Waals surface area contributed by atoms with Crippen molar-refractivity contribution < 1.29 is 9.18 Å². The number of hydrogen-bond acceptors (Lipinski definition) is 4. The van der Waals surface area contributed by atoms with Crippen molar-refractivity contribution in [2.24, 2.45) is 5.92 Å². The Kier molecular flexibility index (Phi) is 6.02. The summed E-state index contributed by atoms with van der Waals surface area (Å²) in [7, 11) is 0. The van der Waals surface area contributed by atoms with Gasteiger partial charge in [-0.25, -0.2) is 9.37 Å². The number of rotatable bonds is 6. The van der Waals surface area contributed by atoms with Crippen LogP contribution >= 0.6 is 0 Å². The highest BCUT2D eigenvalue weighted by molar-refractivity contribution is 5.80. The van der Waals surface area contributed by atoms with Gasteiger partial charge in [-0.1, -0.05) is 36.4 Å². The van der Waals surface area contributed by atoms with Crippen LogP contribution in [0.15, 0.2) is 73.1 Å². The van der Waals surface area contributed by atoms with E-state index in [0.29, 0.717) is 18.7 Å². The maximum Gasteiger partial charge on any atom is 0.223 e. The highest BCUT2D eigenvalue weighted by Crippen LogP contribution is 2.28. The molecule has 0 radical (unpaired) electrons. The molecule has 1 N–H and O–H groups in total. The Hall–Kier alpha value is -3.74. The van der Waals surface area contributed by atoms with Gasteiger partial charge in [0.15, 0.2) is 0 Å². The topological polar surface area (TPSA) is 63.1 Å². The number of imidazole rings is 1. The summed E-state index contributed by atoms with van der Waals surface area (Å²) in [6.45, 7) is 2.36. The van der Waals surface area contributed by atoms with E-state index in [-0.39, 0.29) is 17.6 Å². The number of nitrogens with zero attached hydrogens (tertiary/aromatic N) is 4. The van der Waals surface area contributed by atoms with Gasteiger partial charge in [0.1, 0.15) is 5.82 Å². The smallest absolute Gasteiger partial charge is 0.223 e. The third-order valence-electron chi connectivity index (χ3n) is 6.26. The zero-order valence-electron chi connectivity index (χ0n) is 18.3. The molecule has 2 aromatic carbocycles. The van der Waals surface area contributed by atoms with Gasteiger partial charge in [0.25, 0.3) is 0 Å². The SMILES string of the molecule is O=C(NCc1cccnc1)C1CCN(c2nc3ccccc3n2Cc2ccccc2F)CC1. The third kappa shape index (κ3) is 4.58. The molecule has 7 heteroatoms. The van der Waals surface area contributed by atoms with E-state index in [1.54, 1.807) is 18.5 Å². The second kappa shape index (κ2) is 9.40. The van der Waals surface area contributed by atoms with Crippen LogP contribution in [-0.4, -0.2) is 33.5 Å². The fourth-order valence-electron chi connectivity index (χ4n) is 4.43. The molecule has 4 aromatic rings. The van der Waals surface area contributed by atoms with Crippen molar-refractivity contribution in [1.29, 1.82) is 0 Å². The summed E-state index contributed by atoms with van der Waals surface area (Å²) in [4.78, 5) is 23.9. The fourth-order valence-corrected chi connectivity index (χ4v) is 4.43. The van der Waals surface area contributed by atoms with E-state index in [9.17, 15) is 9.18 Å². The van der Waals surface area contributed by atoms with E-state index >= 15 is 0 Å². The number of para-hydroxylation sites is 2. The van der Waals surface area contributed by atoms with Gasteiger partial charge in [0.2, 0.25) is 11.9 Å². The Morgan fingerprint density at radius 1 is 1.03 bits per heavy atom. The first-order valence-electron chi connectivity index (χ1n) is 11.3. The molecule has 33 heavy (non-hydrogen) atoms. The minimum absolute atomic E-state index is 0.0256. The van der Waals surface area contributed by atoms with Crippen LogP contribution in [0.3, 0.4) is 0 Å². The summed E-state index contributed by atoms with van der Waals surface area (Å²) in [6.07, 6.45) is 4.99. The van der Waals surface area contributed by atoms with Crippen LogP contribution < -0.4 is 10.2 Å². The summed E-state index contributed by atoms with van der Waals surface area (Å²) < 4.78 is 16.5. The molecule has 1 fully saturated rings. The maximum absolute atomic E-state index is 14.4. The highest BCUT2D eigenvalue weighted by atomic mass is 19.1. The average Bonchev–Trinajstić information content (AvgIpc) is 3.23. The van der Waals surface area contributed by atoms with Crippen molar-refractivity contribution in [2.45, 2.75) is 25.9 Å². The molecule has 1 aliphatic rings. The van der Waals surface area contributed by atoms with E-state index < -0.39 is 0 Å². The van der Waals surface area contributed by atoms with Gasteiger partial charge in [0, 0.05) is 43.5 Å². The number of nitrogens with one attached hydrogen (secondary N) is 1. The molecule has 1 amide bonds. The number of carbonyl (C=O) groups is 1. The minimum atomic E-state index is -0.217. The quantitative estimate of drug-likeness (QED) is 0.486. The molecule has 2 aromatic heterocycles. The van der Waals surface area contributed by atoms with Crippen molar-refractivity contribution in [3.63, 3.8) is 0 Å². The summed E-state index contributed by atoms with van der Waals surface area (Å²) in [6, 6.07) is 18.6. The second-order valence-corrected chi connectivity index (χ2v) is 8.42. The Bertz CT molecular complexity index is 1250. The maximum atomic E-state index is 14.4. The zero-order valence-corrected chi connectivity index (χ0v) is 18.3. The van der Waals surface area contributed by atoms with Crippen LogP contribution in [0.2, 0.25) is 0 Å². The molecular formula is C26H26FN5O. The van der Waals surface area contributed by atoms with Crippen molar-refractivity contribution in [2.75, 3.05) is 18.0 Å². The van der Waals surface area contributed by atoms with Crippen LogP contribution in [0.25, 0.3) is 11.0 Å². The largest absolute Gasteiger partial charge is 0.352 e. The van der Waals surface area contributed by atoms with Gasteiger partial charge in [-0.15, -0.1) is 0 Å². The van der Waals surface area contributed by atoms with Crippen LogP contribution in [-0.2, 0) is 17.9 Å². The molecule has 6 nitrogen and oxygen atoms in total. The van der Waals surface area contributed by atoms with E-state index in [2.05, 4.69) is 19.8 Å². The standard InChI is InChI=1S/C26H26FN5O/c27-22-8-2-1-7-21(22)18-32-24-10-4-3-9-23(24)30-26(32)31-14-11-20(12-15-31)25(33)29-17-19-6-5-13-28-16-19/h1-10,13,16,20H,11-12,14-15,17-18H2,(H,29,33). The van der Waals surface area contributed by atoms with Crippen molar-refractivity contribution in [3.05, 3.63) is 90.0 Å². The summed E-state index contributed by atoms with van der Waals surface area (Å²) in [5.74, 6) is 0.666. The average molecular weight is 444 g/mol. The lowest BCUT2D eigenvalue weighted by molar-refractivity contribution is -0.125. The Morgan fingerprint density at radius 2 is 1.82 bits per heavy atom. The van der Waals surface area contributed by atoms with Crippen molar-refractivity contribution in [3.8, 4) is 0 Å². The number of carbonyl (C=O) groups excluding carboxylic acids is 1.